The van der Waals surface area contributed by atoms with Gasteiger partial charge in [-0.3, -0.25) is 4.79 Å². The summed E-state index contributed by atoms with van der Waals surface area (Å²) in [6, 6.07) is 2.61. The lowest BCUT2D eigenvalue weighted by molar-refractivity contribution is 0.0920. The van der Waals surface area contributed by atoms with E-state index in [0.29, 0.717) is 13.0 Å². The highest BCUT2D eigenvalue weighted by molar-refractivity contribution is 6.02. The Labute approximate surface area is 152 Å². The first-order valence-corrected chi connectivity index (χ1v) is 9.74. The van der Waals surface area contributed by atoms with Crippen LogP contribution in [0.25, 0.3) is 0 Å². The maximum Gasteiger partial charge on any atom is 0.173 e. The molecule has 0 bridgehead atoms. The van der Waals surface area contributed by atoms with Gasteiger partial charge in [-0.2, -0.15) is 0 Å². The van der Waals surface area contributed by atoms with Crippen molar-refractivity contribution < 1.29 is 19.7 Å². The van der Waals surface area contributed by atoms with Crippen molar-refractivity contribution in [2.45, 2.75) is 78.6 Å². The molecule has 0 heterocycles. The molecule has 0 spiro atoms. The SMILES string of the molecule is CCCCCCCCCCOc1cc(O)cc(O)c1C(=O)[C@@H](C)CC. The predicted molar refractivity (Wildman–Crippen MR) is 102 cm³/mol. The van der Waals surface area contributed by atoms with Crippen molar-refractivity contribution in [2.24, 2.45) is 5.92 Å². The lowest BCUT2D eigenvalue weighted by Gasteiger charge is -2.15. The first-order chi connectivity index (χ1) is 12.0. The molecule has 1 aromatic rings. The Hall–Kier alpha value is -1.71. The molecule has 0 aromatic heterocycles. The minimum atomic E-state index is -0.212. The average molecular weight is 350 g/mol. The number of aromatic hydroxyl groups is 2. The van der Waals surface area contributed by atoms with Crippen molar-refractivity contribution in [3.8, 4) is 17.2 Å². The number of ketones is 1. The summed E-state index contributed by atoms with van der Waals surface area (Å²) in [5, 5.41) is 19.8. The number of hydrogen-bond donors (Lipinski definition) is 2. The Kier molecular flexibility index (Phi) is 10.0. The molecule has 0 fully saturated rings. The van der Waals surface area contributed by atoms with Crippen LogP contribution in [0.5, 0.6) is 17.2 Å². The summed E-state index contributed by atoms with van der Waals surface area (Å²) >= 11 is 0. The minimum Gasteiger partial charge on any atom is -0.508 e. The molecule has 1 aromatic carbocycles. The second kappa shape index (κ2) is 11.8. The van der Waals surface area contributed by atoms with Crippen LogP contribution in [0.3, 0.4) is 0 Å². The number of carbonyl (C=O) groups excluding carboxylic acids is 1. The highest BCUT2D eigenvalue weighted by Gasteiger charge is 2.23. The number of unbranched alkanes of at least 4 members (excludes halogenated alkanes) is 7. The maximum absolute atomic E-state index is 12.5. The third-order valence-corrected chi connectivity index (χ3v) is 4.63. The van der Waals surface area contributed by atoms with Crippen molar-refractivity contribution in [3.05, 3.63) is 17.7 Å². The number of phenolic OH excluding ortho intramolecular Hbond substituents is 2. The zero-order valence-electron chi connectivity index (χ0n) is 16.0. The van der Waals surface area contributed by atoms with E-state index in [2.05, 4.69) is 6.92 Å². The summed E-state index contributed by atoms with van der Waals surface area (Å²) in [6.07, 6.45) is 10.3. The molecule has 4 nitrogen and oxygen atoms in total. The van der Waals surface area contributed by atoms with Crippen molar-refractivity contribution in [3.63, 3.8) is 0 Å². The van der Waals surface area contributed by atoms with E-state index in [1.165, 1.54) is 50.7 Å². The normalized spacial score (nSPS) is 12.1. The van der Waals surface area contributed by atoms with Gasteiger partial charge in [0.2, 0.25) is 0 Å². The van der Waals surface area contributed by atoms with E-state index >= 15 is 0 Å². The second-order valence-corrected chi connectivity index (χ2v) is 6.83. The molecule has 142 valence electrons. The number of hydrogen-bond acceptors (Lipinski definition) is 4. The van der Waals surface area contributed by atoms with Crippen LogP contribution >= 0.6 is 0 Å². The van der Waals surface area contributed by atoms with Gasteiger partial charge in [0.05, 0.1) is 6.61 Å². The molecule has 0 aliphatic heterocycles. The van der Waals surface area contributed by atoms with E-state index in [1.54, 1.807) is 0 Å². The molecule has 0 saturated carbocycles. The summed E-state index contributed by atoms with van der Waals surface area (Å²) in [5.74, 6) is -0.363. The fourth-order valence-corrected chi connectivity index (χ4v) is 2.80. The van der Waals surface area contributed by atoms with Gasteiger partial charge in [-0.25, -0.2) is 0 Å². The monoisotopic (exact) mass is 350 g/mol. The first-order valence-electron chi connectivity index (χ1n) is 9.74. The Balaban J connectivity index is 2.51. The van der Waals surface area contributed by atoms with Crippen LogP contribution in [0, 0.1) is 5.92 Å². The van der Waals surface area contributed by atoms with Crippen LogP contribution in [-0.2, 0) is 0 Å². The van der Waals surface area contributed by atoms with E-state index < -0.39 is 0 Å². The second-order valence-electron chi connectivity index (χ2n) is 6.83. The molecule has 4 heteroatoms. The van der Waals surface area contributed by atoms with E-state index in [-0.39, 0.29) is 34.5 Å². The molecule has 1 atom stereocenters. The molecule has 0 radical (unpaired) electrons. The molecular formula is C21H34O4. The summed E-state index contributed by atoms with van der Waals surface area (Å²) in [4.78, 5) is 12.5. The van der Waals surface area contributed by atoms with Crippen LogP contribution in [0.15, 0.2) is 12.1 Å². The fourth-order valence-electron chi connectivity index (χ4n) is 2.80. The Bertz CT molecular complexity index is 525. The van der Waals surface area contributed by atoms with Gasteiger partial charge in [-0.15, -0.1) is 0 Å². The number of rotatable bonds is 13. The summed E-state index contributed by atoms with van der Waals surface area (Å²) in [7, 11) is 0. The van der Waals surface area contributed by atoms with Crippen molar-refractivity contribution in [2.75, 3.05) is 6.61 Å². The number of carbonyl (C=O) groups is 1. The summed E-state index contributed by atoms with van der Waals surface area (Å²) in [5.41, 5.74) is 0.187. The van der Waals surface area contributed by atoms with E-state index in [0.717, 1.165) is 12.8 Å². The largest absolute Gasteiger partial charge is 0.508 e. The fraction of sp³-hybridized carbons (Fsp3) is 0.667. The van der Waals surface area contributed by atoms with Crippen molar-refractivity contribution in [1.29, 1.82) is 0 Å². The summed E-state index contributed by atoms with van der Waals surface area (Å²) in [6.45, 7) is 6.47. The third-order valence-electron chi connectivity index (χ3n) is 4.63. The molecule has 1 rings (SSSR count). The van der Waals surface area contributed by atoms with Crippen LogP contribution in [0.2, 0.25) is 0 Å². The molecular weight excluding hydrogens is 316 g/mol. The molecule has 0 saturated heterocycles. The van der Waals surface area contributed by atoms with Gasteiger partial charge in [-0.05, 0) is 12.8 Å². The van der Waals surface area contributed by atoms with Crippen LogP contribution < -0.4 is 4.74 Å². The van der Waals surface area contributed by atoms with E-state index in [9.17, 15) is 15.0 Å². The zero-order chi connectivity index (χ0) is 18.7. The average Bonchev–Trinajstić information content (AvgIpc) is 2.58. The standard InChI is InChI=1S/C21H34O4/c1-4-6-7-8-9-10-11-12-13-25-19-15-17(22)14-18(23)20(19)21(24)16(3)5-2/h14-16,22-23H,4-13H2,1-3H3/t16-/m0/s1. The van der Waals surface area contributed by atoms with Gasteiger partial charge in [0.25, 0.3) is 0 Å². The molecule has 0 unspecified atom stereocenters. The Morgan fingerprint density at radius 1 is 1.00 bits per heavy atom. The minimum absolute atomic E-state index is 0.0934. The third kappa shape index (κ3) is 7.37. The number of benzene rings is 1. The number of Topliss-reactive ketones (excluding diaryl/α,β-unsaturated/α-hetero) is 1. The summed E-state index contributed by atoms with van der Waals surface area (Å²) < 4.78 is 5.72. The molecule has 0 aliphatic rings. The van der Waals surface area contributed by atoms with Crippen molar-refractivity contribution in [1.82, 2.24) is 0 Å². The Morgan fingerprint density at radius 2 is 1.60 bits per heavy atom. The molecule has 25 heavy (non-hydrogen) atoms. The van der Waals surface area contributed by atoms with Gasteiger partial charge in [0.15, 0.2) is 5.78 Å². The highest BCUT2D eigenvalue weighted by atomic mass is 16.5. The van der Waals surface area contributed by atoms with Crippen LogP contribution in [0.4, 0.5) is 0 Å². The van der Waals surface area contributed by atoms with Gasteiger partial charge >= 0.3 is 0 Å². The van der Waals surface area contributed by atoms with Gasteiger partial charge in [0, 0.05) is 18.1 Å². The van der Waals surface area contributed by atoms with Crippen LogP contribution in [-0.4, -0.2) is 22.6 Å². The molecule has 0 amide bonds. The van der Waals surface area contributed by atoms with E-state index in [1.807, 2.05) is 13.8 Å². The first kappa shape index (κ1) is 21.3. The molecule has 0 aliphatic carbocycles. The lowest BCUT2D eigenvalue weighted by atomic mass is 9.95. The Morgan fingerprint density at radius 3 is 2.20 bits per heavy atom. The quantitative estimate of drug-likeness (QED) is 0.346. The van der Waals surface area contributed by atoms with Gasteiger partial charge < -0.3 is 14.9 Å². The van der Waals surface area contributed by atoms with Crippen LogP contribution in [0.1, 0.15) is 88.9 Å². The van der Waals surface area contributed by atoms with Gasteiger partial charge in [0.1, 0.15) is 22.8 Å². The number of phenols is 2. The van der Waals surface area contributed by atoms with Gasteiger partial charge in [-0.1, -0.05) is 65.7 Å². The maximum atomic E-state index is 12.5. The number of ether oxygens (including phenoxy) is 1. The lowest BCUT2D eigenvalue weighted by Crippen LogP contribution is -2.13. The van der Waals surface area contributed by atoms with Crippen molar-refractivity contribution >= 4 is 5.78 Å². The topological polar surface area (TPSA) is 66.8 Å². The highest BCUT2D eigenvalue weighted by Crippen LogP contribution is 2.35. The van der Waals surface area contributed by atoms with E-state index in [4.69, 9.17) is 4.74 Å². The molecule has 2 N–H and O–H groups in total. The smallest absolute Gasteiger partial charge is 0.173 e. The zero-order valence-corrected chi connectivity index (χ0v) is 16.0. The predicted octanol–water partition coefficient (Wildman–Crippen LogP) is 5.85.